The van der Waals surface area contributed by atoms with Crippen LogP contribution < -0.4 is 0 Å². The number of methoxy groups -OCH3 is 1. The summed E-state index contributed by atoms with van der Waals surface area (Å²) in [5.74, 6) is -0.895. The van der Waals surface area contributed by atoms with Crippen molar-refractivity contribution in [3.8, 4) is 5.75 Å². The van der Waals surface area contributed by atoms with Crippen LogP contribution in [0.25, 0.3) is 0 Å². The number of rotatable bonds is 4. The van der Waals surface area contributed by atoms with Crippen LogP contribution in [-0.2, 0) is 9.53 Å². The highest BCUT2D eigenvalue weighted by Gasteiger charge is 2.21. The van der Waals surface area contributed by atoms with Crippen molar-refractivity contribution in [1.29, 1.82) is 0 Å². The van der Waals surface area contributed by atoms with Gasteiger partial charge in [0, 0.05) is 24.7 Å². The fourth-order valence-corrected chi connectivity index (χ4v) is 1.83. The van der Waals surface area contributed by atoms with Crippen molar-refractivity contribution in [3.63, 3.8) is 0 Å². The van der Waals surface area contributed by atoms with E-state index in [-0.39, 0.29) is 24.2 Å². The van der Waals surface area contributed by atoms with Crippen LogP contribution in [0, 0.1) is 12.8 Å². The average Bonchev–Trinajstić information content (AvgIpc) is 2.39. The van der Waals surface area contributed by atoms with E-state index in [1.807, 2.05) is 0 Å². The highest BCUT2D eigenvalue weighted by Crippen LogP contribution is 2.20. The fourth-order valence-electron chi connectivity index (χ4n) is 1.83. The van der Waals surface area contributed by atoms with E-state index in [2.05, 4.69) is 4.74 Å². The van der Waals surface area contributed by atoms with E-state index < -0.39 is 5.92 Å². The molecule has 0 aromatic heterocycles. The Kier molecular flexibility index (Phi) is 4.92. The number of amides is 1. The Bertz CT molecular complexity index is 484. The van der Waals surface area contributed by atoms with Gasteiger partial charge in [0.1, 0.15) is 5.75 Å². The van der Waals surface area contributed by atoms with Crippen molar-refractivity contribution >= 4 is 11.9 Å². The third kappa shape index (κ3) is 3.47. The Hall–Kier alpha value is -2.04. The number of benzene rings is 1. The summed E-state index contributed by atoms with van der Waals surface area (Å²) in [6, 6.07) is 4.80. The van der Waals surface area contributed by atoms with Crippen LogP contribution in [0.2, 0.25) is 0 Å². The maximum absolute atomic E-state index is 12.2. The molecule has 1 N–H and O–H groups in total. The van der Waals surface area contributed by atoms with Gasteiger partial charge in [-0.15, -0.1) is 0 Å². The minimum Gasteiger partial charge on any atom is -0.508 e. The maximum atomic E-state index is 12.2. The lowest BCUT2D eigenvalue weighted by molar-refractivity contribution is -0.145. The summed E-state index contributed by atoms with van der Waals surface area (Å²) < 4.78 is 4.62. The second-order valence-corrected chi connectivity index (χ2v) is 4.56. The van der Waals surface area contributed by atoms with Gasteiger partial charge < -0.3 is 14.7 Å². The van der Waals surface area contributed by atoms with Crippen molar-refractivity contribution in [2.45, 2.75) is 13.8 Å². The minimum atomic E-state index is -0.392. The van der Waals surface area contributed by atoms with Gasteiger partial charge in [-0.05, 0) is 19.1 Å². The summed E-state index contributed by atoms with van der Waals surface area (Å²) in [5.41, 5.74) is 0.963. The zero-order valence-corrected chi connectivity index (χ0v) is 11.6. The maximum Gasteiger partial charge on any atom is 0.310 e. The number of hydrogen-bond donors (Lipinski definition) is 1. The molecule has 1 atom stereocenters. The Balaban J connectivity index is 2.83. The largest absolute Gasteiger partial charge is 0.508 e. The highest BCUT2D eigenvalue weighted by atomic mass is 16.5. The molecule has 0 saturated heterocycles. The summed E-state index contributed by atoms with van der Waals surface area (Å²) in [5, 5.41) is 9.59. The molecule has 0 saturated carbocycles. The van der Waals surface area contributed by atoms with Gasteiger partial charge in [-0.3, -0.25) is 9.59 Å². The monoisotopic (exact) mass is 265 g/mol. The number of esters is 1. The lowest BCUT2D eigenvalue weighted by Gasteiger charge is -2.21. The molecule has 1 amide bonds. The molecule has 0 aliphatic rings. The summed E-state index contributed by atoms with van der Waals surface area (Å²) in [6.07, 6.45) is 0. The van der Waals surface area contributed by atoms with Gasteiger partial charge in [0.25, 0.3) is 5.91 Å². The topological polar surface area (TPSA) is 66.8 Å². The molecule has 0 aliphatic carbocycles. The molecule has 1 aromatic rings. The second kappa shape index (κ2) is 6.22. The molecule has 19 heavy (non-hydrogen) atoms. The van der Waals surface area contributed by atoms with E-state index in [4.69, 9.17) is 0 Å². The minimum absolute atomic E-state index is 0.0836. The van der Waals surface area contributed by atoms with Gasteiger partial charge in [0.05, 0.1) is 13.0 Å². The van der Waals surface area contributed by atoms with Crippen LogP contribution in [0.4, 0.5) is 0 Å². The predicted octanol–water partition coefficient (Wildman–Crippen LogP) is 1.58. The first-order valence-electron chi connectivity index (χ1n) is 6.00. The Labute approximate surface area is 112 Å². The lowest BCUT2D eigenvalue weighted by Crippen LogP contribution is -2.34. The molecule has 0 aliphatic heterocycles. The predicted molar refractivity (Wildman–Crippen MR) is 71.0 cm³/mol. The van der Waals surface area contributed by atoms with Crippen molar-refractivity contribution < 1.29 is 19.4 Å². The first-order valence-corrected chi connectivity index (χ1v) is 6.00. The molecule has 5 nitrogen and oxygen atoms in total. The molecule has 1 aromatic carbocycles. The number of ether oxygens (including phenoxy) is 1. The van der Waals surface area contributed by atoms with Crippen LogP contribution in [0.3, 0.4) is 0 Å². The normalized spacial score (nSPS) is 11.8. The van der Waals surface area contributed by atoms with Gasteiger partial charge in [-0.25, -0.2) is 0 Å². The quantitative estimate of drug-likeness (QED) is 0.839. The van der Waals surface area contributed by atoms with E-state index in [9.17, 15) is 14.7 Å². The standard InChI is InChI=1S/C14H19NO4/c1-9(14(18)19-4)8-15(3)13(17)11-6-5-7-12(16)10(11)2/h5-7,9,16H,8H2,1-4H3. The van der Waals surface area contributed by atoms with Crippen LogP contribution >= 0.6 is 0 Å². The van der Waals surface area contributed by atoms with Crippen LogP contribution in [-0.4, -0.2) is 42.6 Å². The summed E-state index contributed by atoms with van der Waals surface area (Å²) in [6.45, 7) is 3.64. The second-order valence-electron chi connectivity index (χ2n) is 4.56. The van der Waals surface area contributed by atoms with Crippen molar-refractivity contribution in [3.05, 3.63) is 29.3 Å². The molecule has 0 fully saturated rings. The fraction of sp³-hybridized carbons (Fsp3) is 0.429. The van der Waals surface area contributed by atoms with E-state index in [1.54, 1.807) is 33.0 Å². The number of nitrogens with zero attached hydrogens (tertiary/aromatic N) is 1. The van der Waals surface area contributed by atoms with Gasteiger partial charge in [-0.2, -0.15) is 0 Å². The smallest absolute Gasteiger partial charge is 0.310 e. The Morgan fingerprint density at radius 2 is 2.05 bits per heavy atom. The molecule has 0 spiro atoms. The number of phenols is 1. The third-order valence-corrected chi connectivity index (χ3v) is 3.03. The molecule has 0 heterocycles. The Morgan fingerprint density at radius 3 is 2.63 bits per heavy atom. The first kappa shape index (κ1) is 15.0. The van der Waals surface area contributed by atoms with E-state index in [0.29, 0.717) is 11.1 Å². The van der Waals surface area contributed by atoms with Crippen LogP contribution in [0.5, 0.6) is 5.75 Å². The van der Waals surface area contributed by atoms with Crippen molar-refractivity contribution in [1.82, 2.24) is 4.90 Å². The number of hydrogen-bond acceptors (Lipinski definition) is 4. The first-order chi connectivity index (χ1) is 8.88. The molecular weight excluding hydrogens is 246 g/mol. The number of aromatic hydroxyl groups is 1. The van der Waals surface area contributed by atoms with Gasteiger partial charge in [0.15, 0.2) is 0 Å². The van der Waals surface area contributed by atoms with Gasteiger partial charge >= 0.3 is 5.97 Å². The summed E-state index contributed by atoms with van der Waals surface area (Å²) in [7, 11) is 2.94. The number of carbonyl (C=O) groups is 2. The van der Waals surface area contributed by atoms with Crippen molar-refractivity contribution in [2.24, 2.45) is 5.92 Å². The third-order valence-electron chi connectivity index (χ3n) is 3.03. The van der Waals surface area contributed by atoms with Crippen LogP contribution in [0.1, 0.15) is 22.8 Å². The lowest BCUT2D eigenvalue weighted by atomic mass is 10.1. The average molecular weight is 265 g/mol. The van der Waals surface area contributed by atoms with E-state index >= 15 is 0 Å². The Morgan fingerprint density at radius 1 is 1.42 bits per heavy atom. The molecule has 1 unspecified atom stereocenters. The molecular formula is C14H19NO4. The highest BCUT2D eigenvalue weighted by molar-refractivity contribution is 5.96. The van der Waals surface area contributed by atoms with Crippen LogP contribution in [0.15, 0.2) is 18.2 Å². The number of phenolic OH excluding ortho intramolecular Hbond substituents is 1. The SMILES string of the molecule is COC(=O)C(C)CN(C)C(=O)c1cccc(O)c1C. The number of carbonyl (C=O) groups excluding carboxylic acids is 2. The van der Waals surface area contributed by atoms with E-state index in [0.717, 1.165) is 0 Å². The zero-order valence-electron chi connectivity index (χ0n) is 11.6. The molecule has 0 radical (unpaired) electrons. The molecule has 104 valence electrons. The van der Waals surface area contributed by atoms with Gasteiger partial charge in [-0.1, -0.05) is 13.0 Å². The van der Waals surface area contributed by atoms with Gasteiger partial charge in [0.2, 0.25) is 0 Å². The zero-order chi connectivity index (χ0) is 14.6. The summed E-state index contributed by atoms with van der Waals surface area (Å²) >= 11 is 0. The molecule has 1 rings (SSSR count). The van der Waals surface area contributed by atoms with E-state index in [1.165, 1.54) is 18.1 Å². The summed E-state index contributed by atoms with van der Waals surface area (Å²) in [4.78, 5) is 25.0. The van der Waals surface area contributed by atoms with Crippen molar-refractivity contribution in [2.75, 3.05) is 20.7 Å². The molecule has 0 bridgehead atoms. The molecule has 5 heteroatoms.